The van der Waals surface area contributed by atoms with Crippen LogP contribution in [0.4, 0.5) is 29.3 Å². The smallest absolute Gasteiger partial charge is 0.430 e. The van der Waals surface area contributed by atoms with Crippen LogP contribution in [0.3, 0.4) is 0 Å². The van der Waals surface area contributed by atoms with Crippen LogP contribution in [0.25, 0.3) is 32.8 Å². The van der Waals surface area contributed by atoms with E-state index in [1.165, 1.54) is 12.1 Å². The molecule has 16 heteroatoms. The number of phenolic OH excluding ortho intramolecular Hbond substituents is 1. The minimum absolute atomic E-state index is 0.0407. The Labute approximate surface area is 367 Å². The molecule has 0 unspecified atom stereocenters. The number of aromatic hydroxyl groups is 1. The molecule has 6 aromatic rings. The SMILES string of the molecule is C[N+]1(C)CCC(OC(=O)Nc2cc(CCC(=O)Nc3ccc4cc(CCNC[C@H](O)c5ccc(O)c6[nH]c(=O)ccc56)ccc4c3)ccc2-c2ccccc2)CC1.O=C([O-])C(F)(F)F. The van der Waals surface area contributed by atoms with Gasteiger partial charge in [0.2, 0.25) is 11.5 Å². The highest BCUT2D eigenvalue weighted by Gasteiger charge is 2.29. The van der Waals surface area contributed by atoms with Crippen molar-refractivity contribution in [3.63, 3.8) is 0 Å². The second-order valence-corrected chi connectivity index (χ2v) is 16.3. The first-order chi connectivity index (χ1) is 30.4. The zero-order valence-corrected chi connectivity index (χ0v) is 35.3. The zero-order chi connectivity index (χ0) is 46.0. The fraction of sp³-hybridized carbons (Fsp3) is 0.292. The highest BCUT2D eigenvalue weighted by molar-refractivity contribution is 5.95. The van der Waals surface area contributed by atoms with Gasteiger partial charge in [0, 0.05) is 48.5 Å². The number of carbonyl (C=O) groups excluding carboxylic acids is 3. The van der Waals surface area contributed by atoms with Crippen LogP contribution in [-0.4, -0.2) is 90.2 Å². The quantitative estimate of drug-likeness (QED) is 0.0550. The van der Waals surface area contributed by atoms with E-state index in [0.717, 1.165) is 75.5 Å². The number of fused-ring (bicyclic) bond motifs is 2. The number of anilines is 2. The van der Waals surface area contributed by atoms with Crippen molar-refractivity contribution < 1.29 is 52.1 Å². The second-order valence-electron chi connectivity index (χ2n) is 16.3. The summed E-state index contributed by atoms with van der Waals surface area (Å²) in [6.45, 7) is 2.87. The largest absolute Gasteiger partial charge is 0.542 e. The number of carboxylic acid groups (broad SMARTS) is 1. The van der Waals surface area contributed by atoms with Crippen molar-refractivity contribution in [2.45, 2.75) is 50.5 Å². The van der Waals surface area contributed by atoms with Gasteiger partial charge in [0.25, 0.3) is 0 Å². The van der Waals surface area contributed by atoms with E-state index in [2.05, 4.69) is 47.2 Å². The number of quaternary nitrogens is 1. The molecule has 0 bridgehead atoms. The number of ether oxygens (including phenoxy) is 1. The van der Waals surface area contributed by atoms with Crippen LogP contribution in [0.5, 0.6) is 5.75 Å². The average molecular weight is 882 g/mol. The number of aliphatic carboxylic acids is 1. The Morgan fingerprint density at radius 1 is 0.859 bits per heavy atom. The van der Waals surface area contributed by atoms with E-state index in [1.807, 2.05) is 72.8 Å². The fourth-order valence-corrected chi connectivity index (χ4v) is 7.51. The lowest BCUT2D eigenvalue weighted by molar-refractivity contribution is -0.896. The number of H-pyrrole nitrogens is 1. The summed E-state index contributed by atoms with van der Waals surface area (Å²) in [5.74, 6) is -3.15. The number of phenols is 1. The van der Waals surface area contributed by atoms with Gasteiger partial charge < -0.3 is 45.0 Å². The number of pyridine rings is 1. The molecular formula is C48H50F3N5O8. The van der Waals surface area contributed by atoms with Gasteiger partial charge >= 0.3 is 12.3 Å². The van der Waals surface area contributed by atoms with E-state index >= 15 is 0 Å². The van der Waals surface area contributed by atoms with E-state index in [-0.39, 0.29) is 29.7 Å². The van der Waals surface area contributed by atoms with Crippen LogP contribution in [0.15, 0.2) is 114 Å². The third-order valence-corrected chi connectivity index (χ3v) is 11.0. The topological polar surface area (TPSA) is 193 Å². The van der Waals surface area contributed by atoms with Crippen LogP contribution in [0.2, 0.25) is 0 Å². The van der Waals surface area contributed by atoms with Gasteiger partial charge in [0.1, 0.15) is 17.8 Å². The number of halogens is 3. The lowest BCUT2D eigenvalue weighted by atomic mass is 9.99. The number of piperidine rings is 1. The number of nitrogens with zero attached hydrogens (tertiary/aromatic N) is 1. The summed E-state index contributed by atoms with van der Waals surface area (Å²) in [7, 11) is 4.39. The van der Waals surface area contributed by atoms with E-state index in [4.69, 9.17) is 14.6 Å². The van der Waals surface area contributed by atoms with E-state index in [0.29, 0.717) is 41.7 Å². The number of aromatic amines is 1. The number of rotatable bonds is 13. The van der Waals surface area contributed by atoms with Crippen LogP contribution in [0, 0.1) is 0 Å². The predicted octanol–water partition coefficient (Wildman–Crippen LogP) is 6.58. The molecular weight excluding hydrogens is 832 g/mol. The molecule has 336 valence electrons. The third kappa shape index (κ3) is 12.9. The van der Waals surface area contributed by atoms with Gasteiger partial charge in [-0.05, 0) is 82.7 Å². The Balaban J connectivity index is 0.000000898. The highest BCUT2D eigenvalue weighted by atomic mass is 19.4. The molecule has 1 aliphatic rings. The zero-order valence-electron chi connectivity index (χ0n) is 35.3. The van der Waals surface area contributed by atoms with Gasteiger partial charge in [-0.25, -0.2) is 4.79 Å². The molecule has 1 aromatic heterocycles. The molecule has 13 nitrogen and oxygen atoms in total. The van der Waals surface area contributed by atoms with Crippen molar-refractivity contribution in [3.8, 4) is 16.9 Å². The van der Waals surface area contributed by atoms with Crippen LogP contribution < -0.4 is 26.6 Å². The van der Waals surface area contributed by atoms with Gasteiger partial charge in [-0.1, -0.05) is 72.8 Å². The maximum absolute atomic E-state index is 13.1. The molecule has 1 saturated heterocycles. The number of aromatic nitrogens is 1. The first-order valence-corrected chi connectivity index (χ1v) is 20.8. The first kappa shape index (κ1) is 46.7. The Hall–Kier alpha value is -6.75. The van der Waals surface area contributed by atoms with E-state index in [9.17, 15) is 37.8 Å². The van der Waals surface area contributed by atoms with Crippen molar-refractivity contribution >= 4 is 51.0 Å². The second kappa shape index (κ2) is 20.6. The number of amides is 2. The molecule has 2 amide bonds. The molecule has 2 heterocycles. The minimum Gasteiger partial charge on any atom is -0.542 e. The number of benzene rings is 5. The maximum atomic E-state index is 13.1. The summed E-state index contributed by atoms with van der Waals surface area (Å²) in [5, 5.41) is 41.8. The molecule has 7 rings (SSSR count). The molecule has 1 aliphatic heterocycles. The van der Waals surface area contributed by atoms with Crippen molar-refractivity contribution in [1.29, 1.82) is 0 Å². The van der Waals surface area contributed by atoms with Crippen molar-refractivity contribution in [3.05, 3.63) is 136 Å². The fourth-order valence-electron chi connectivity index (χ4n) is 7.51. The number of aliphatic hydroxyl groups is 1. The number of carbonyl (C=O) groups is 3. The Bertz CT molecular complexity index is 2660. The number of aliphatic hydroxyl groups excluding tert-OH is 1. The van der Waals surface area contributed by atoms with Gasteiger partial charge in [-0.15, -0.1) is 0 Å². The Morgan fingerprint density at radius 2 is 1.53 bits per heavy atom. The summed E-state index contributed by atoms with van der Waals surface area (Å²) < 4.78 is 38.3. The number of aryl methyl sites for hydroxylation is 1. The highest BCUT2D eigenvalue weighted by Crippen LogP contribution is 2.31. The van der Waals surface area contributed by atoms with Gasteiger partial charge in [-0.3, -0.25) is 14.9 Å². The molecule has 0 saturated carbocycles. The Kier molecular flexibility index (Phi) is 15.1. The van der Waals surface area contributed by atoms with E-state index in [1.54, 1.807) is 12.1 Å². The number of hydrogen-bond acceptors (Lipinski definition) is 9. The molecule has 0 spiro atoms. The number of hydrogen-bond donors (Lipinski definition) is 6. The average Bonchev–Trinajstić information content (AvgIpc) is 3.25. The van der Waals surface area contributed by atoms with Crippen molar-refractivity contribution in [2.24, 2.45) is 0 Å². The lowest BCUT2D eigenvalue weighted by Crippen LogP contribution is -2.48. The molecule has 64 heavy (non-hydrogen) atoms. The van der Waals surface area contributed by atoms with Gasteiger partial charge in [0.15, 0.2) is 0 Å². The minimum atomic E-state index is -5.19. The van der Waals surface area contributed by atoms with Gasteiger partial charge in [0.05, 0.1) is 44.5 Å². The summed E-state index contributed by atoms with van der Waals surface area (Å²) in [5.41, 5.74) is 5.91. The molecule has 0 radical (unpaired) electrons. The maximum Gasteiger partial charge on any atom is 0.430 e. The standard InChI is InChI=1S/C46H49N5O6.C2HF3O2/c1-51(2)24-21-36(22-25-51)57-46(56)49-40-27-30(9-14-37(40)32-6-4-3-5-7-32)10-18-43(54)48-35-13-12-33-26-31(8-11-34(33)28-35)20-23-47-29-42(53)38-15-17-41(52)45-39(38)16-19-44(55)50-45;3-2(4,5)1(6)7/h3-9,11-17,19,26-28,36,42,47,53H,10,18,20-25,29H2,1-2H3,(H3-,48,49,50,52,54,55,56);(H,6,7)/t42-;/m0./s1. The summed E-state index contributed by atoms with van der Waals surface area (Å²) in [4.78, 5) is 49.3. The number of carboxylic acids is 1. The number of nitrogens with one attached hydrogen (secondary N) is 4. The molecule has 0 aliphatic carbocycles. The van der Waals surface area contributed by atoms with Gasteiger partial charge in [-0.2, -0.15) is 13.2 Å². The van der Waals surface area contributed by atoms with Crippen molar-refractivity contribution in [2.75, 3.05) is 50.9 Å². The number of likely N-dealkylation sites (tertiary alicyclic amines) is 1. The van der Waals surface area contributed by atoms with E-state index < -0.39 is 24.3 Å². The monoisotopic (exact) mass is 881 g/mol. The molecule has 1 fully saturated rings. The lowest BCUT2D eigenvalue weighted by Gasteiger charge is -2.36. The summed E-state index contributed by atoms with van der Waals surface area (Å²) >= 11 is 0. The summed E-state index contributed by atoms with van der Waals surface area (Å²) in [6, 6.07) is 34.0. The summed E-state index contributed by atoms with van der Waals surface area (Å²) in [6.07, 6.45) is -3.41. The predicted molar refractivity (Wildman–Crippen MR) is 237 cm³/mol. The molecule has 5 aromatic carbocycles. The molecule has 6 N–H and O–H groups in total. The normalized spacial score (nSPS) is 14.3. The molecule has 1 atom stereocenters. The van der Waals surface area contributed by atoms with Crippen LogP contribution in [-0.2, 0) is 27.2 Å². The van der Waals surface area contributed by atoms with Crippen LogP contribution >= 0.6 is 0 Å². The van der Waals surface area contributed by atoms with Crippen molar-refractivity contribution in [1.82, 2.24) is 10.3 Å². The van der Waals surface area contributed by atoms with Crippen LogP contribution in [0.1, 0.15) is 42.1 Å². The first-order valence-electron chi connectivity index (χ1n) is 20.8. The third-order valence-electron chi connectivity index (χ3n) is 11.0. The number of alkyl halides is 3. The Morgan fingerprint density at radius 3 is 2.25 bits per heavy atom.